The number of fused-ring (bicyclic) bond motifs is 3. The zero-order chi connectivity index (χ0) is 30.5. The van der Waals surface area contributed by atoms with Crippen molar-refractivity contribution in [1.82, 2.24) is 0 Å². The van der Waals surface area contributed by atoms with E-state index >= 15 is 0 Å². The Labute approximate surface area is 269 Å². The van der Waals surface area contributed by atoms with Gasteiger partial charge >= 0.3 is 271 Å². The van der Waals surface area contributed by atoms with E-state index in [-0.39, 0.29) is 10.8 Å². The van der Waals surface area contributed by atoms with E-state index in [0.29, 0.717) is 13.2 Å². The van der Waals surface area contributed by atoms with Gasteiger partial charge in [-0.15, -0.1) is 0 Å². The van der Waals surface area contributed by atoms with Gasteiger partial charge in [0, 0.05) is 0 Å². The standard InChI is InChI=1S/C21H25.C16H22.C5H5.Zr/c1-20(2,3)16-7-9-18-14(12-16)11-15-13-17(21(4,5)6)8-10-19(15)18;1-13(2)16-10-8-15(9-11-16)12-14-6-4-3-5-7-14;1-2-4-5-3-1;/h7-13H,1-6H3;8-11,13-14H,3-7H2,1-2H3;1-5H;. The zero-order valence-electron chi connectivity index (χ0n) is 27.9. The van der Waals surface area contributed by atoms with Crippen LogP contribution in [-0.2, 0) is 32.1 Å². The van der Waals surface area contributed by atoms with Crippen molar-refractivity contribution in [3.63, 3.8) is 0 Å². The summed E-state index contributed by atoms with van der Waals surface area (Å²) in [6, 6.07) is 25.0. The van der Waals surface area contributed by atoms with Gasteiger partial charge in [0.25, 0.3) is 0 Å². The number of allylic oxidation sites excluding steroid dienone is 4. The monoisotopic (exact) mass is 646 g/mol. The fourth-order valence-corrected chi connectivity index (χ4v) is 17.9. The van der Waals surface area contributed by atoms with Crippen LogP contribution in [0.15, 0.2) is 85.0 Å². The summed E-state index contributed by atoms with van der Waals surface area (Å²) in [5.41, 5.74) is 12.5. The molecule has 1 heteroatoms. The maximum atomic E-state index is 2.64. The summed E-state index contributed by atoms with van der Waals surface area (Å²) in [5.74, 6) is 1.28. The molecule has 0 unspecified atom stereocenters. The van der Waals surface area contributed by atoms with Crippen molar-refractivity contribution in [1.29, 1.82) is 0 Å². The first-order chi connectivity index (χ1) is 20.4. The van der Waals surface area contributed by atoms with E-state index in [9.17, 15) is 0 Å². The minimum atomic E-state index is -2.53. The predicted molar refractivity (Wildman–Crippen MR) is 184 cm³/mol. The first-order valence-electron chi connectivity index (χ1n) is 16.9. The number of hydrogen-bond donors (Lipinski definition) is 0. The Morgan fingerprint density at radius 3 is 1.65 bits per heavy atom. The van der Waals surface area contributed by atoms with Gasteiger partial charge in [-0.3, -0.25) is 0 Å². The summed E-state index contributed by atoms with van der Waals surface area (Å²) < 4.78 is 3.02. The molecule has 0 atom stereocenters. The summed E-state index contributed by atoms with van der Waals surface area (Å²) in [7, 11) is 0. The second-order valence-corrected chi connectivity index (χ2v) is 22.4. The van der Waals surface area contributed by atoms with Crippen LogP contribution in [0.4, 0.5) is 0 Å². The molecule has 0 amide bonds. The molecule has 224 valence electrons. The number of hydrogen-bond acceptors (Lipinski definition) is 0. The van der Waals surface area contributed by atoms with Crippen LogP contribution in [0.3, 0.4) is 0 Å². The van der Waals surface area contributed by atoms with Gasteiger partial charge in [-0.05, 0) is 0 Å². The van der Waals surface area contributed by atoms with Gasteiger partial charge in [0.2, 0.25) is 0 Å². The van der Waals surface area contributed by atoms with Gasteiger partial charge in [-0.1, -0.05) is 0 Å². The van der Waals surface area contributed by atoms with Crippen LogP contribution < -0.4 is 0 Å². The molecule has 0 spiro atoms. The molecule has 0 N–H and O–H groups in total. The summed E-state index contributed by atoms with van der Waals surface area (Å²) in [6.07, 6.45) is 16.7. The second-order valence-electron chi connectivity index (χ2n) is 15.8. The Kier molecular flexibility index (Phi) is 8.63. The molecule has 0 aliphatic heterocycles. The maximum absolute atomic E-state index is 2.64. The molecule has 43 heavy (non-hydrogen) atoms. The quantitative estimate of drug-likeness (QED) is 0.258. The van der Waals surface area contributed by atoms with Crippen LogP contribution >= 0.6 is 0 Å². The second kappa shape index (κ2) is 12.0. The van der Waals surface area contributed by atoms with Gasteiger partial charge < -0.3 is 0 Å². The summed E-state index contributed by atoms with van der Waals surface area (Å²) in [6.45, 7) is 18.9. The number of rotatable bonds is 5. The molecule has 3 aromatic carbocycles. The van der Waals surface area contributed by atoms with E-state index in [1.54, 1.807) is 16.7 Å². The van der Waals surface area contributed by atoms with Crippen molar-refractivity contribution in [3.05, 3.63) is 118 Å². The van der Waals surface area contributed by atoms with Crippen LogP contribution in [0, 0.1) is 5.92 Å². The average molecular weight is 648 g/mol. The van der Waals surface area contributed by atoms with Gasteiger partial charge in [0.1, 0.15) is 0 Å². The Morgan fingerprint density at radius 1 is 0.674 bits per heavy atom. The molecule has 0 heterocycles. The third-order valence-electron chi connectivity index (χ3n) is 10.4. The van der Waals surface area contributed by atoms with E-state index in [4.69, 9.17) is 0 Å². The van der Waals surface area contributed by atoms with Crippen molar-refractivity contribution in [2.24, 2.45) is 5.92 Å². The summed E-state index contributed by atoms with van der Waals surface area (Å²) in [4.78, 5) is 0. The fraction of sp³-hybridized carbons (Fsp3) is 0.452. The van der Waals surface area contributed by atoms with Crippen molar-refractivity contribution < 1.29 is 21.3 Å². The van der Waals surface area contributed by atoms with Crippen molar-refractivity contribution >= 4 is 3.21 Å². The van der Waals surface area contributed by atoms with Gasteiger partial charge in [-0.2, -0.15) is 0 Å². The first kappa shape index (κ1) is 30.9. The molecule has 3 aliphatic rings. The molecule has 3 aliphatic carbocycles. The summed E-state index contributed by atoms with van der Waals surface area (Å²) in [5, 5.41) is 0. The molecule has 0 radical (unpaired) electrons. The van der Waals surface area contributed by atoms with Gasteiger partial charge in [0.05, 0.1) is 0 Å². The van der Waals surface area contributed by atoms with Crippen LogP contribution in [0.25, 0.3) is 11.1 Å². The third-order valence-corrected chi connectivity index (χ3v) is 19.4. The Morgan fingerprint density at radius 2 is 1.19 bits per heavy atom. The number of benzene rings is 3. The van der Waals surface area contributed by atoms with Crippen LogP contribution in [0.1, 0.15) is 130 Å². The molecule has 3 aromatic rings. The molecule has 0 saturated heterocycles. The Bertz CT molecular complexity index is 1500. The Balaban J connectivity index is 1.68. The average Bonchev–Trinajstić information content (AvgIpc) is 3.62. The minimum absolute atomic E-state index is 0.129. The van der Waals surface area contributed by atoms with Crippen LogP contribution in [0.2, 0.25) is 3.63 Å². The van der Waals surface area contributed by atoms with E-state index in [1.807, 2.05) is 3.21 Å². The van der Waals surface area contributed by atoms with E-state index in [1.165, 1.54) is 59.9 Å². The topological polar surface area (TPSA) is 0 Å². The predicted octanol–water partition coefficient (Wildman–Crippen LogP) is 11.8. The van der Waals surface area contributed by atoms with Crippen molar-refractivity contribution in [2.45, 2.75) is 111 Å². The van der Waals surface area contributed by atoms with E-state index in [0.717, 1.165) is 5.92 Å². The molecular formula is C42H52Zr. The molecule has 0 nitrogen and oxygen atoms in total. The van der Waals surface area contributed by atoms with Gasteiger partial charge in [0.15, 0.2) is 0 Å². The first-order valence-corrected chi connectivity index (χ1v) is 21.0. The SMILES string of the molecule is CC(C)c1ccc([C](C2CCCCC2)=[Zr]([CH]2C=CC=C2)[CH]2c3cc(C(C)(C)C)ccc3-c3ccc(C(C)(C)C)cc32)cc1. The van der Waals surface area contributed by atoms with Crippen LogP contribution in [-0.4, -0.2) is 3.21 Å². The molecular weight excluding hydrogens is 596 g/mol. The fourth-order valence-electron chi connectivity index (χ4n) is 7.77. The normalized spacial score (nSPS) is 18.3. The zero-order valence-corrected chi connectivity index (χ0v) is 30.4. The molecule has 0 bridgehead atoms. The van der Waals surface area contributed by atoms with E-state index < -0.39 is 21.3 Å². The Hall–Kier alpha value is -2.11. The van der Waals surface area contributed by atoms with Crippen LogP contribution in [0.5, 0.6) is 0 Å². The molecule has 1 fully saturated rings. The van der Waals surface area contributed by atoms with Crippen molar-refractivity contribution in [2.75, 3.05) is 0 Å². The molecule has 0 aromatic heterocycles. The molecule has 6 rings (SSSR count). The van der Waals surface area contributed by atoms with E-state index in [2.05, 4.69) is 140 Å². The van der Waals surface area contributed by atoms with Gasteiger partial charge in [-0.25, -0.2) is 0 Å². The summed E-state index contributed by atoms with van der Waals surface area (Å²) >= 11 is -2.53. The van der Waals surface area contributed by atoms with Crippen molar-refractivity contribution in [3.8, 4) is 11.1 Å². The third kappa shape index (κ3) is 6.10. The molecule has 1 saturated carbocycles.